The van der Waals surface area contributed by atoms with Gasteiger partial charge in [-0.3, -0.25) is 0 Å². The van der Waals surface area contributed by atoms with Gasteiger partial charge in [-0.25, -0.2) is 0 Å². The summed E-state index contributed by atoms with van der Waals surface area (Å²) in [6.45, 7) is 4.24. The molecule has 0 radical (unpaired) electrons. The fourth-order valence-corrected chi connectivity index (χ4v) is 6.13. The first kappa shape index (κ1) is 25.4. The number of fused-ring (bicyclic) bond motifs is 2. The van der Waals surface area contributed by atoms with Crippen molar-refractivity contribution in [3.8, 4) is 0 Å². The number of hydrogen-bond donors (Lipinski definition) is 0. The highest BCUT2D eigenvalue weighted by Crippen LogP contribution is 2.46. The molecule has 3 heteroatoms. The third kappa shape index (κ3) is 6.34. The van der Waals surface area contributed by atoms with Crippen LogP contribution in [0, 0.1) is 0 Å². The number of thioether (sulfide) groups is 1. The van der Waals surface area contributed by atoms with Crippen LogP contribution in [0.5, 0.6) is 0 Å². The first-order chi connectivity index (χ1) is 18.3. The highest BCUT2D eigenvalue weighted by atomic mass is 32.2. The summed E-state index contributed by atoms with van der Waals surface area (Å²) in [7, 11) is 0. The Bertz CT molecular complexity index is 1370. The van der Waals surface area contributed by atoms with E-state index >= 15 is 0 Å². The maximum Gasteiger partial charge on any atom is 0.213 e. The predicted molar refractivity (Wildman–Crippen MR) is 160 cm³/mol. The normalized spacial score (nSPS) is 14.2. The molecule has 0 fully saturated rings. The number of anilines is 1. The zero-order valence-electron chi connectivity index (χ0n) is 21.9. The Balaban J connectivity index is 1.34. The van der Waals surface area contributed by atoms with Gasteiger partial charge in [-0.2, -0.15) is 4.57 Å². The Labute approximate surface area is 226 Å². The molecule has 5 rings (SSSR count). The molecule has 0 bridgehead atoms. The van der Waals surface area contributed by atoms with Crippen molar-refractivity contribution in [2.75, 3.05) is 4.90 Å². The van der Waals surface area contributed by atoms with Crippen LogP contribution in [0.2, 0.25) is 0 Å². The lowest BCUT2D eigenvalue weighted by atomic mass is 10.1. The second-order valence-electron chi connectivity index (χ2n) is 9.75. The molecule has 2 nitrogen and oxygen atoms in total. The van der Waals surface area contributed by atoms with Crippen molar-refractivity contribution in [3.63, 3.8) is 0 Å². The van der Waals surface area contributed by atoms with Crippen LogP contribution in [0.4, 0.5) is 5.69 Å². The molecule has 0 unspecified atom stereocenters. The average Bonchev–Trinajstić information content (AvgIpc) is 3.29. The molecule has 0 saturated heterocycles. The summed E-state index contributed by atoms with van der Waals surface area (Å²) in [5.41, 5.74) is 5.19. The average molecular weight is 506 g/mol. The molecule has 3 aromatic carbocycles. The molecule has 188 valence electrons. The van der Waals surface area contributed by atoms with Crippen LogP contribution in [0.25, 0.3) is 17.0 Å². The predicted octanol–water partition coefficient (Wildman–Crippen LogP) is 9.15. The summed E-state index contributed by atoms with van der Waals surface area (Å²) < 4.78 is 2.43. The topological polar surface area (TPSA) is 7.12 Å². The molecular weight excluding hydrogens is 468 g/mol. The van der Waals surface area contributed by atoms with Gasteiger partial charge in [-0.15, -0.1) is 0 Å². The highest BCUT2D eigenvalue weighted by Gasteiger charge is 2.24. The molecule has 1 aliphatic rings. The number of hydrogen-bond acceptors (Lipinski definition) is 2. The van der Waals surface area contributed by atoms with Crippen molar-refractivity contribution in [3.05, 3.63) is 119 Å². The third-order valence-electron chi connectivity index (χ3n) is 7.05. The molecule has 2 heterocycles. The number of aromatic nitrogens is 1. The number of nitrogens with zero attached hydrogens (tertiary/aromatic N) is 2. The molecule has 0 spiro atoms. The minimum absolute atomic E-state index is 0.872. The second kappa shape index (κ2) is 12.8. The zero-order valence-corrected chi connectivity index (χ0v) is 22.7. The number of benzene rings is 3. The molecule has 0 atom stereocenters. The van der Waals surface area contributed by atoms with Gasteiger partial charge in [-0.1, -0.05) is 111 Å². The van der Waals surface area contributed by atoms with Gasteiger partial charge in [0.25, 0.3) is 0 Å². The fourth-order valence-electron chi connectivity index (χ4n) is 5.05. The Morgan fingerprint density at radius 3 is 2.43 bits per heavy atom. The summed E-state index contributed by atoms with van der Waals surface area (Å²) in [6, 6.07) is 30.5. The molecule has 0 saturated carbocycles. The number of para-hydroxylation sites is 2. The first-order valence-electron chi connectivity index (χ1n) is 13.7. The number of unbranched alkanes of at least 4 members (excludes halogenated alkanes) is 5. The third-order valence-corrected chi connectivity index (χ3v) is 8.18. The molecule has 0 aliphatic carbocycles. The van der Waals surface area contributed by atoms with Crippen LogP contribution in [0.3, 0.4) is 0 Å². The number of aryl methyl sites for hydroxylation is 1. The Kier molecular flexibility index (Phi) is 8.76. The van der Waals surface area contributed by atoms with E-state index < -0.39 is 0 Å². The van der Waals surface area contributed by atoms with Crippen molar-refractivity contribution in [2.24, 2.45) is 0 Å². The van der Waals surface area contributed by atoms with Gasteiger partial charge in [-0.05, 0) is 41.8 Å². The minimum Gasteiger partial charge on any atom is -0.331 e. The van der Waals surface area contributed by atoms with E-state index in [1.54, 1.807) is 0 Å². The van der Waals surface area contributed by atoms with Crippen molar-refractivity contribution >= 4 is 34.4 Å². The summed E-state index contributed by atoms with van der Waals surface area (Å²) in [5, 5.41) is 2.58. The largest absolute Gasteiger partial charge is 0.331 e. The molecule has 0 N–H and O–H groups in total. The lowest BCUT2D eigenvalue weighted by molar-refractivity contribution is -0.671. The molecule has 37 heavy (non-hydrogen) atoms. The van der Waals surface area contributed by atoms with Crippen LogP contribution < -0.4 is 9.47 Å². The van der Waals surface area contributed by atoms with Crippen molar-refractivity contribution in [2.45, 2.75) is 63.4 Å². The van der Waals surface area contributed by atoms with Crippen molar-refractivity contribution in [1.82, 2.24) is 0 Å². The molecular formula is C34H37N2S+. The van der Waals surface area contributed by atoms with Gasteiger partial charge in [0.15, 0.2) is 6.20 Å². The number of pyridine rings is 1. The van der Waals surface area contributed by atoms with E-state index in [1.807, 2.05) is 11.8 Å². The van der Waals surface area contributed by atoms with E-state index in [-0.39, 0.29) is 0 Å². The van der Waals surface area contributed by atoms with Crippen LogP contribution in [-0.4, -0.2) is 0 Å². The summed E-state index contributed by atoms with van der Waals surface area (Å²) >= 11 is 1.85. The van der Waals surface area contributed by atoms with Gasteiger partial charge in [0.2, 0.25) is 5.52 Å². The van der Waals surface area contributed by atoms with Gasteiger partial charge in [0, 0.05) is 30.0 Å². The van der Waals surface area contributed by atoms with Crippen molar-refractivity contribution in [1.29, 1.82) is 0 Å². The van der Waals surface area contributed by atoms with E-state index in [4.69, 9.17) is 0 Å². The monoisotopic (exact) mass is 505 g/mol. The van der Waals surface area contributed by atoms with E-state index in [0.29, 0.717) is 0 Å². The summed E-state index contributed by atoms with van der Waals surface area (Å²) in [6.07, 6.45) is 17.0. The first-order valence-corrected chi connectivity index (χ1v) is 14.5. The summed E-state index contributed by atoms with van der Waals surface area (Å²) in [4.78, 5) is 3.75. The van der Waals surface area contributed by atoms with Gasteiger partial charge >= 0.3 is 0 Å². The summed E-state index contributed by atoms with van der Waals surface area (Å²) in [5.74, 6) is 0. The Morgan fingerprint density at radius 1 is 0.784 bits per heavy atom. The van der Waals surface area contributed by atoms with E-state index in [0.717, 1.165) is 13.1 Å². The number of rotatable bonds is 11. The molecule has 4 aromatic rings. The zero-order chi connectivity index (χ0) is 25.3. The van der Waals surface area contributed by atoms with Gasteiger partial charge in [0.1, 0.15) is 6.54 Å². The highest BCUT2D eigenvalue weighted by molar-refractivity contribution is 8.03. The Morgan fingerprint density at radius 2 is 1.54 bits per heavy atom. The Hall–Kier alpha value is -3.30. The lowest BCUT2D eigenvalue weighted by Gasteiger charge is -2.20. The second-order valence-corrected chi connectivity index (χ2v) is 10.8. The quantitative estimate of drug-likeness (QED) is 0.148. The van der Waals surface area contributed by atoms with Crippen molar-refractivity contribution < 1.29 is 4.57 Å². The smallest absolute Gasteiger partial charge is 0.213 e. The maximum absolute atomic E-state index is 2.43. The van der Waals surface area contributed by atoms with E-state index in [1.165, 1.54) is 76.2 Å². The van der Waals surface area contributed by atoms with E-state index in [2.05, 4.69) is 126 Å². The van der Waals surface area contributed by atoms with E-state index in [9.17, 15) is 0 Å². The minimum atomic E-state index is 0.872. The standard InChI is InChI=1S/C34H37N2S/c1-2-3-4-5-6-14-25-35-26-24-29(30-19-10-11-20-31(30)35)18-15-23-34-36(27-28-16-8-7-9-17-28)32-21-12-13-22-33(32)37-34/h7-13,15-24,26H,2-6,14,25,27H2,1H3/q+1. The SMILES string of the molecule is CCCCCCCC[n+]1ccc(/C=C/C=C2\Sc3ccccc3N2Cc2ccccc2)c2ccccc21. The van der Waals surface area contributed by atoms with Crippen LogP contribution >= 0.6 is 11.8 Å². The number of allylic oxidation sites excluding steroid dienone is 2. The fraction of sp³-hybridized carbons (Fsp3) is 0.265. The van der Waals surface area contributed by atoms with Crippen LogP contribution in [0.15, 0.2) is 113 Å². The van der Waals surface area contributed by atoms with Crippen LogP contribution in [0.1, 0.15) is 56.6 Å². The molecule has 1 aromatic heterocycles. The maximum atomic E-state index is 2.43. The molecule has 1 aliphatic heterocycles. The molecule has 0 amide bonds. The van der Waals surface area contributed by atoms with Gasteiger partial charge < -0.3 is 4.90 Å². The lowest BCUT2D eigenvalue weighted by Crippen LogP contribution is -2.34. The van der Waals surface area contributed by atoms with Crippen LogP contribution in [-0.2, 0) is 13.1 Å². The van der Waals surface area contributed by atoms with Gasteiger partial charge in [0.05, 0.1) is 16.1 Å².